The van der Waals surface area contributed by atoms with Gasteiger partial charge in [0, 0.05) is 18.1 Å². The van der Waals surface area contributed by atoms with Gasteiger partial charge >= 0.3 is 5.97 Å². The van der Waals surface area contributed by atoms with Gasteiger partial charge < -0.3 is 9.15 Å². The summed E-state index contributed by atoms with van der Waals surface area (Å²) in [5.74, 6) is 0.174. The van der Waals surface area contributed by atoms with Crippen LogP contribution in [0.4, 0.5) is 0 Å². The van der Waals surface area contributed by atoms with E-state index in [1.807, 2.05) is 53.4 Å². The maximum atomic E-state index is 12.2. The zero-order chi connectivity index (χ0) is 22.8. The number of carbonyl (C=O) groups is 1. The zero-order valence-corrected chi connectivity index (χ0v) is 19.0. The average molecular weight is 462 g/mol. The molecule has 5 rings (SSSR count). The number of ether oxygens (including phenoxy) is 1. The summed E-state index contributed by atoms with van der Waals surface area (Å²) in [7, 11) is 1.42. The molecule has 1 aromatic carbocycles. The highest BCUT2D eigenvalue weighted by Gasteiger charge is 2.30. The highest BCUT2D eigenvalue weighted by molar-refractivity contribution is 7.71. The van der Waals surface area contributed by atoms with Crippen LogP contribution in [-0.4, -0.2) is 50.3 Å². The number of fused-ring (bicyclic) bond motifs is 1. The van der Waals surface area contributed by atoms with Gasteiger partial charge in [0.1, 0.15) is 6.04 Å². The van der Waals surface area contributed by atoms with Crippen LogP contribution in [-0.2, 0) is 16.2 Å². The number of para-hydroxylation sites is 1. The molecule has 0 radical (unpaired) electrons. The van der Waals surface area contributed by atoms with Crippen molar-refractivity contribution in [2.45, 2.75) is 32.0 Å². The van der Waals surface area contributed by atoms with Crippen molar-refractivity contribution >= 4 is 29.1 Å². The van der Waals surface area contributed by atoms with Crippen molar-refractivity contribution in [3.8, 4) is 22.8 Å². The Bertz CT molecular complexity index is 1350. The zero-order valence-electron chi connectivity index (χ0n) is 18.2. The lowest BCUT2D eigenvalue weighted by Gasteiger charge is -2.32. The van der Waals surface area contributed by atoms with Gasteiger partial charge in [0.2, 0.25) is 5.89 Å². The number of carbonyl (C=O) groups excluding carboxylic acids is 1. The van der Waals surface area contributed by atoms with Crippen LogP contribution in [0.5, 0.6) is 0 Å². The molecule has 0 amide bonds. The lowest BCUT2D eigenvalue weighted by molar-refractivity contribution is -0.149. The molecular formula is C24H23N5O3S. The number of aromatic nitrogens is 4. The third-order valence-electron chi connectivity index (χ3n) is 5.88. The molecule has 8 nitrogen and oxygen atoms in total. The molecule has 0 unspecified atom stereocenters. The summed E-state index contributed by atoms with van der Waals surface area (Å²) < 4.78 is 12.6. The maximum absolute atomic E-state index is 12.2. The molecule has 1 fully saturated rings. The second kappa shape index (κ2) is 9.21. The molecule has 1 saturated heterocycles. The quantitative estimate of drug-likeness (QED) is 0.318. The predicted octanol–water partition coefficient (Wildman–Crippen LogP) is 4.47. The first-order valence-electron chi connectivity index (χ1n) is 10.9. The van der Waals surface area contributed by atoms with Crippen molar-refractivity contribution in [1.29, 1.82) is 0 Å². The first kappa shape index (κ1) is 21.4. The lowest BCUT2D eigenvalue weighted by Crippen LogP contribution is -2.46. The number of likely N-dealkylation sites (tertiary alicyclic amines) is 1. The van der Waals surface area contributed by atoms with Gasteiger partial charge in [-0.15, -0.1) is 5.10 Å². The van der Waals surface area contributed by atoms with E-state index >= 15 is 0 Å². The summed E-state index contributed by atoms with van der Waals surface area (Å²) in [5.41, 5.74) is 3.08. The number of hydrogen-bond donors (Lipinski definition) is 0. The number of methoxy groups -OCH3 is 1. The smallest absolute Gasteiger partial charge is 0.323 e. The van der Waals surface area contributed by atoms with E-state index in [0.717, 1.165) is 53.7 Å². The standard InChI is InChI=1S/C24H23N5O3S/c1-31-23(30)21-11-5-7-13-28(21)15-29-24(33)32-22(27-29)17-14-20(19-10-4-6-12-25-19)26-18-9-3-2-8-16(17)18/h2-4,6,8-10,12,14,21H,5,7,11,13,15H2,1H3/t21-/m0/s1. The van der Waals surface area contributed by atoms with E-state index in [1.54, 1.807) is 10.9 Å². The topological polar surface area (TPSA) is 86.3 Å². The number of esters is 1. The summed E-state index contributed by atoms with van der Waals surface area (Å²) in [6.07, 6.45) is 4.49. The van der Waals surface area contributed by atoms with E-state index in [-0.39, 0.29) is 16.8 Å². The van der Waals surface area contributed by atoms with Gasteiger partial charge in [-0.3, -0.25) is 14.7 Å². The van der Waals surface area contributed by atoms with Gasteiger partial charge in [-0.1, -0.05) is 30.7 Å². The van der Waals surface area contributed by atoms with Gasteiger partial charge in [-0.05, 0) is 49.3 Å². The van der Waals surface area contributed by atoms with Crippen LogP contribution in [0.1, 0.15) is 19.3 Å². The second-order valence-corrected chi connectivity index (χ2v) is 8.30. The molecule has 168 valence electrons. The van der Waals surface area contributed by atoms with E-state index < -0.39 is 0 Å². The summed E-state index contributed by atoms with van der Waals surface area (Å²) >= 11 is 5.49. The van der Waals surface area contributed by atoms with Gasteiger partial charge in [0.15, 0.2) is 0 Å². The first-order valence-corrected chi connectivity index (χ1v) is 11.3. The van der Waals surface area contributed by atoms with Crippen molar-refractivity contribution < 1.29 is 13.9 Å². The Morgan fingerprint density at radius 2 is 2.03 bits per heavy atom. The van der Waals surface area contributed by atoms with E-state index in [4.69, 9.17) is 26.4 Å². The van der Waals surface area contributed by atoms with Crippen LogP contribution in [0.2, 0.25) is 0 Å². The van der Waals surface area contributed by atoms with Crippen molar-refractivity contribution in [2.24, 2.45) is 0 Å². The lowest BCUT2D eigenvalue weighted by atomic mass is 10.0. The van der Waals surface area contributed by atoms with E-state index in [0.29, 0.717) is 12.6 Å². The van der Waals surface area contributed by atoms with Crippen molar-refractivity contribution in [2.75, 3.05) is 13.7 Å². The van der Waals surface area contributed by atoms with Gasteiger partial charge in [-0.25, -0.2) is 9.67 Å². The van der Waals surface area contributed by atoms with E-state index in [1.165, 1.54) is 7.11 Å². The molecule has 1 aliphatic heterocycles. The normalized spacial score (nSPS) is 16.7. The molecule has 0 saturated carbocycles. The third-order valence-corrected chi connectivity index (χ3v) is 6.18. The molecule has 4 aromatic rings. The fraction of sp³-hybridized carbons (Fsp3) is 0.292. The Kier molecular flexibility index (Phi) is 5.97. The Labute approximate surface area is 195 Å². The molecule has 0 bridgehead atoms. The fourth-order valence-corrected chi connectivity index (χ4v) is 4.42. The average Bonchev–Trinajstić information content (AvgIpc) is 3.23. The largest absolute Gasteiger partial charge is 0.468 e. The minimum Gasteiger partial charge on any atom is -0.468 e. The maximum Gasteiger partial charge on any atom is 0.323 e. The third kappa shape index (κ3) is 4.29. The summed E-state index contributed by atoms with van der Waals surface area (Å²) in [5, 5.41) is 5.59. The fourth-order valence-electron chi connectivity index (χ4n) is 4.24. The van der Waals surface area contributed by atoms with Crippen LogP contribution in [0.3, 0.4) is 0 Å². The number of nitrogens with zero attached hydrogens (tertiary/aromatic N) is 5. The minimum atomic E-state index is -0.302. The summed E-state index contributed by atoms with van der Waals surface area (Å²) in [6, 6.07) is 15.2. The highest BCUT2D eigenvalue weighted by atomic mass is 32.1. The first-order chi connectivity index (χ1) is 16.1. The van der Waals surface area contributed by atoms with Crippen LogP contribution in [0, 0.1) is 4.84 Å². The molecule has 0 aliphatic carbocycles. The van der Waals surface area contributed by atoms with Crippen LogP contribution in [0.25, 0.3) is 33.7 Å². The summed E-state index contributed by atoms with van der Waals surface area (Å²) in [6.45, 7) is 1.13. The number of rotatable bonds is 5. The molecule has 1 atom stereocenters. The van der Waals surface area contributed by atoms with Gasteiger partial charge in [-0.2, -0.15) is 0 Å². The van der Waals surface area contributed by atoms with E-state index in [2.05, 4.69) is 10.1 Å². The predicted molar refractivity (Wildman–Crippen MR) is 126 cm³/mol. The highest BCUT2D eigenvalue weighted by Crippen LogP contribution is 2.31. The SMILES string of the molecule is COC(=O)[C@@H]1CCCCN1Cn1nc(-c2cc(-c3ccccn3)nc3ccccc23)oc1=S. The number of benzene rings is 1. The molecular weight excluding hydrogens is 438 g/mol. The Balaban J connectivity index is 1.54. The van der Waals surface area contributed by atoms with Gasteiger partial charge in [0.05, 0.1) is 36.2 Å². The molecule has 1 aliphatic rings. The monoisotopic (exact) mass is 461 g/mol. The van der Waals surface area contributed by atoms with Crippen molar-refractivity contribution in [3.05, 3.63) is 59.6 Å². The molecule has 0 spiro atoms. The summed E-state index contributed by atoms with van der Waals surface area (Å²) in [4.78, 5) is 23.7. The second-order valence-electron chi connectivity index (χ2n) is 7.95. The minimum absolute atomic E-state index is 0.231. The number of hydrogen-bond acceptors (Lipinski definition) is 8. The molecule has 0 N–H and O–H groups in total. The van der Waals surface area contributed by atoms with Crippen molar-refractivity contribution in [3.63, 3.8) is 0 Å². The molecule has 3 aromatic heterocycles. The Morgan fingerprint density at radius 1 is 1.18 bits per heavy atom. The van der Waals surface area contributed by atoms with Crippen LogP contribution < -0.4 is 0 Å². The molecule has 4 heterocycles. The van der Waals surface area contributed by atoms with Crippen molar-refractivity contribution in [1.82, 2.24) is 24.6 Å². The van der Waals surface area contributed by atoms with Crippen LogP contribution in [0.15, 0.2) is 59.1 Å². The number of piperidine rings is 1. The Morgan fingerprint density at radius 3 is 2.85 bits per heavy atom. The number of pyridine rings is 2. The van der Waals surface area contributed by atoms with Crippen LogP contribution >= 0.6 is 12.2 Å². The Hall–Kier alpha value is -3.43. The van der Waals surface area contributed by atoms with E-state index in [9.17, 15) is 4.79 Å². The molecule has 9 heteroatoms. The van der Waals surface area contributed by atoms with Gasteiger partial charge in [0.25, 0.3) is 4.84 Å². The molecule has 33 heavy (non-hydrogen) atoms.